The first-order valence-corrected chi connectivity index (χ1v) is 9.24. The maximum atomic E-state index is 12.4. The van der Waals surface area contributed by atoms with Crippen molar-refractivity contribution in [3.63, 3.8) is 0 Å². The zero-order chi connectivity index (χ0) is 20.8. The van der Waals surface area contributed by atoms with Gasteiger partial charge in [-0.1, -0.05) is 23.4 Å². The van der Waals surface area contributed by atoms with Crippen LogP contribution < -0.4 is 15.4 Å². The van der Waals surface area contributed by atoms with Crippen molar-refractivity contribution in [2.75, 3.05) is 17.7 Å². The molecule has 0 saturated heterocycles. The van der Waals surface area contributed by atoms with E-state index in [1.54, 1.807) is 43.8 Å². The van der Waals surface area contributed by atoms with Gasteiger partial charge < -0.3 is 19.9 Å². The second-order valence-electron chi connectivity index (χ2n) is 6.39. The van der Waals surface area contributed by atoms with Crippen LogP contribution in [0, 0.1) is 0 Å². The molecule has 2 aromatic carbocycles. The number of benzene rings is 2. The summed E-state index contributed by atoms with van der Waals surface area (Å²) in [6, 6.07) is 17.9. The van der Waals surface area contributed by atoms with Gasteiger partial charge in [-0.3, -0.25) is 4.98 Å². The summed E-state index contributed by atoms with van der Waals surface area (Å²) in [6.07, 6.45) is 3.74. The number of methoxy groups -OCH3 is 1. The molecule has 30 heavy (non-hydrogen) atoms. The normalized spacial score (nSPS) is 10.4. The molecule has 0 bridgehead atoms. The first-order chi connectivity index (χ1) is 14.7. The maximum absolute atomic E-state index is 12.4. The topological polar surface area (TPSA) is 102 Å². The number of nitrogens with one attached hydrogen (secondary N) is 2. The summed E-state index contributed by atoms with van der Waals surface area (Å²) in [4.78, 5) is 20.9. The summed E-state index contributed by atoms with van der Waals surface area (Å²) in [7, 11) is 1.59. The fourth-order valence-electron chi connectivity index (χ4n) is 2.86. The number of rotatable bonds is 6. The van der Waals surface area contributed by atoms with Gasteiger partial charge in [0.2, 0.25) is 11.7 Å². The van der Waals surface area contributed by atoms with Gasteiger partial charge >= 0.3 is 6.03 Å². The van der Waals surface area contributed by atoms with Crippen molar-refractivity contribution in [1.29, 1.82) is 0 Å². The third kappa shape index (κ3) is 4.61. The van der Waals surface area contributed by atoms with E-state index in [1.165, 1.54) is 0 Å². The number of para-hydroxylation sites is 1. The van der Waals surface area contributed by atoms with Crippen LogP contribution in [0.2, 0.25) is 0 Å². The first kappa shape index (κ1) is 19.1. The van der Waals surface area contributed by atoms with Crippen LogP contribution in [0.4, 0.5) is 16.2 Å². The molecule has 4 rings (SSSR count). The van der Waals surface area contributed by atoms with E-state index in [9.17, 15) is 4.79 Å². The molecule has 0 spiro atoms. The Morgan fingerprint density at radius 1 is 1.03 bits per heavy atom. The van der Waals surface area contributed by atoms with Gasteiger partial charge in [0.1, 0.15) is 5.75 Å². The Bertz CT molecular complexity index is 1130. The van der Waals surface area contributed by atoms with Crippen molar-refractivity contribution in [3.8, 4) is 17.1 Å². The Labute approximate surface area is 172 Å². The van der Waals surface area contributed by atoms with Crippen LogP contribution in [0.5, 0.6) is 5.75 Å². The highest BCUT2D eigenvalue weighted by atomic mass is 16.5. The molecule has 150 valence electrons. The minimum absolute atomic E-state index is 0.353. The first-order valence-electron chi connectivity index (χ1n) is 9.24. The lowest BCUT2D eigenvalue weighted by Gasteiger charge is -2.11. The van der Waals surface area contributed by atoms with Crippen molar-refractivity contribution in [2.45, 2.75) is 6.42 Å². The minimum Gasteiger partial charge on any atom is -0.497 e. The highest BCUT2D eigenvalue weighted by Crippen LogP contribution is 2.21. The molecule has 0 radical (unpaired) electrons. The Kier molecular flexibility index (Phi) is 5.66. The number of aromatic nitrogens is 3. The van der Waals surface area contributed by atoms with E-state index in [0.717, 1.165) is 16.9 Å². The van der Waals surface area contributed by atoms with Gasteiger partial charge in [0.25, 0.3) is 0 Å². The summed E-state index contributed by atoms with van der Waals surface area (Å²) >= 11 is 0. The number of nitrogens with zero attached hydrogens (tertiary/aromatic N) is 3. The number of carbonyl (C=O) groups is 1. The van der Waals surface area contributed by atoms with Gasteiger partial charge in [-0.25, -0.2) is 4.79 Å². The highest BCUT2D eigenvalue weighted by Gasteiger charge is 2.13. The van der Waals surface area contributed by atoms with E-state index in [2.05, 4.69) is 25.8 Å². The molecule has 0 atom stereocenters. The Hall–Kier alpha value is -4.20. The van der Waals surface area contributed by atoms with E-state index in [1.807, 2.05) is 36.4 Å². The minimum atomic E-state index is -0.353. The van der Waals surface area contributed by atoms with E-state index in [0.29, 0.717) is 29.5 Å². The lowest BCUT2D eigenvalue weighted by Crippen LogP contribution is -2.20. The molecule has 4 aromatic rings. The molecule has 0 aliphatic carbocycles. The number of ether oxygens (including phenoxy) is 1. The largest absolute Gasteiger partial charge is 0.497 e. The summed E-state index contributed by atoms with van der Waals surface area (Å²) in [6.45, 7) is 0. The van der Waals surface area contributed by atoms with Crippen LogP contribution >= 0.6 is 0 Å². The van der Waals surface area contributed by atoms with Crippen molar-refractivity contribution in [2.24, 2.45) is 0 Å². The SMILES string of the molecule is COc1ccc(NC(=O)Nc2ccccc2Cc2nc(-c3cccnc3)no2)cc1. The Morgan fingerprint density at radius 3 is 2.63 bits per heavy atom. The molecule has 0 fully saturated rings. The Balaban J connectivity index is 1.45. The monoisotopic (exact) mass is 401 g/mol. The van der Waals surface area contributed by atoms with Gasteiger partial charge in [0, 0.05) is 29.3 Å². The molecule has 0 aliphatic heterocycles. The second kappa shape index (κ2) is 8.87. The zero-order valence-electron chi connectivity index (χ0n) is 16.2. The van der Waals surface area contributed by atoms with E-state index < -0.39 is 0 Å². The fourth-order valence-corrected chi connectivity index (χ4v) is 2.86. The lowest BCUT2D eigenvalue weighted by atomic mass is 10.1. The maximum Gasteiger partial charge on any atom is 0.323 e. The second-order valence-corrected chi connectivity index (χ2v) is 6.39. The third-order valence-electron chi connectivity index (χ3n) is 4.34. The number of carbonyl (C=O) groups excluding carboxylic acids is 1. The lowest BCUT2D eigenvalue weighted by molar-refractivity contribution is 0.262. The quantitative estimate of drug-likeness (QED) is 0.497. The van der Waals surface area contributed by atoms with Crippen molar-refractivity contribution >= 4 is 17.4 Å². The molecule has 2 aromatic heterocycles. The standard InChI is InChI=1S/C22H19N5O3/c1-29-18-10-8-17(9-11-18)24-22(28)25-19-7-3-2-5-15(19)13-20-26-21(27-30-20)16-6-4-12-23-14-16/h2-12,14H,13H2,1H3,(H2,24,25,28). The number of pyridine rings is 1. The van der Waals surface area contributed by atoms with Crippen LogP contribution in [0.3, 0.4) is 0 Å². The van der Waals surface area contributed by atoms with Crippen molar-refractivity contribution in [1.82, 2.24) is 15.1 Å². The zero-order valence-corrected chi connectivity index (χ0v) is 16.2. The number of anilines is 2. The molecular weight excluding hydrogens is 382 g/mol. The van der Waals surface area contributed by atoms with Gasteiger partial charge in [0.05, 0.1) is 13.5 Å². The molecule has 8 heteroatoms. The van der Waals surface area contributed by atoms with Crippen LogP contribution in [-0.2, 0) is 6.42 Å². The van der Waals surface area contributed by atoms with Gasteiger partial charge in [-0.05, 0) is 48.0 Å². The summed E-state index contributed by atoms with van der Waals surface area (Å²) in [5, 5.41) is 9.67. The van der Waals surface area contributed by atoms with Crippen molar-refractivity contribution < 1.29 is 14.1 Å². The summed E-state index contributed by atoms with van der Waals surface area (Å²) in [5.74, 6) is 1.64. The third-order valence-corrected chi connectivity index (χ3v) is 4.34. The predicted molar refractivity (Wildman–Crippen MR) is 112 cm³/mol. The molecule has 2 N–H and O–H groups in total. The van der Waals surface area contributed by atoms with E-state index >= 15 is 0 Å². The summed E-state index contributed by atoms with van der Waals surface area (Å²) in [5.41, 5.74) is 2.94. The molecule has 2 amide bonds. The Morgan fingerprint density at radius 2 is 1.87 bits per heavy atom. The van der Waals surface area contributed by atoms with Crippen LogP contribution in [-0.4, -0.2) is 28.3 Å². The van der Waals surface area contributed by atoms with Crippen LogP contribution in [0.15, 0.2) is 77.6 Å². The fraction of sp³-hybridized carbons (Fsp3) is 0.0909. The van der Waals surface area contributed by atoms with E-state index in [-0.39, 0.29) is 6.03 Å². The van der Waals surface area contributed by atoms with E-state index in [4.69, 9.17) is 9.26 Å². The number of hydrogen-bond acceptors (Lipinski definition) is 6. The number of amides is 2. The van der Waals surface area contributed by atoms with Gasteiger partial charge in [-0.15, -0.1) is 0 Å². The summed E-state index contributed by atoms with van der Waals surface area (Å²) < 4.78 is 10.5. The van der Waals surface area contributed by atoms with Gasteiger partial charge in [0.15, 0.2) is 0 Å². The van der Waals surface area contributed by atoms with Crippen LogP contribution in [0.25, 0.3) is 11.4 Å². The van der Waals surface area contributed by atoms with Crippen molar-refractivity contribution in [3.05, 3.63) is 84.5 Å². The highest BCUT2D eigenvalue weighted by molar-refractivity contribution is 6.00. The van der Waals surface area contributed by atoms with Gasteiger partial charge in [-0.2, -0.15) is 4.98 Å². The van der Waals surface area contributed by atoms with Crippen LogP contribution in [0.1, 0.15) is 11.5 Å². The molecule has 0 unspecified atom stereocenters. The molecule has 8 nitrogen and oxygen atoms in total. The average molecular weight is 401 g/mol. The molecule has 0 saturated carbocycles. The number of urea groups is 1. The average Bonchev–Trinajstić information content (AvgIpc) is 3.25. The number of hydrogen-bond donors (Lipinski definition) is 2. The molecule has 0 aliphatic rings. The molecular formula is C22H19N5O3. The predicted octanol–water partition coefficient (Wildman–Crippen LogP) is 4.38. The smallest absolute Gasteiger partial charge is 0.323 e. The molecule has 2 heterocycles.